The van der Waals surface area contributed by atoms with Crippen LogP contribution in [0.25, 0.3) is 0 Å². The zero-order valence-corrected chi connectivity index (χ0v) is 6.08. The van der Waals surface area contributed by atoms with Crippen molar-refractivity contribution in [2.24, 2.45) is 0 Å². The van der Waals surface area contributed by atoms with Gasteiger partial charge in [0.15, 0.2) is 0 Å². The van der Waals surface area contributed by atoms with Crippen LogP contribution in [0.15, 0.2) is 0 Å². The van der Waals surface area contributed by atoms with Crippen LogP contribution in [0.1, 0.15) is 6.92 Å². The third-order valence-electron chi connectivity index (χ3n) is 0. The Morgan fingerprint density at radius 1 is 1.44 bits per heavy atom. The molecule has 0 saturated heterocycles. The molecular weight excluding hydrogens is 152 g/mol. The molecule has 0 spiro atoms. The van der Waals surface area contributed by atoms with Gasteiger partial charge in [-0.1, -0.05) is 0 Å². The Hall–Kier alpha value is 0.546. The van der Waals surface area contributed by atoms with Gasteiger partial charge in [-0.15, -0.1) is 0 Å². The highest BCUT2D eigenvalue weighted by atomic mass is 32.2. The highest BCUT2D eigenvalue weighted by Crippen LogP contribution is 1.70. The highest BCUT2D eigenvalue weighted by Gasteiger charge is 1.65. The molecule has 0 aromatic carbocycles. The summed E-state index contributed by atoms with van der Waals surface area (Å²) in [6.45, 7) is 1.08. The largest absolute Gasteiger partial charge is 0.481 e. The van der Waals surface area contributed by atoms with Gasteiger partial charge in [0, 0.05) is 6.92 Å². The van der Waals surface area contributed by atoms with Crippen LogP contribution in [-0.2, 0) is 4.79 Å². The molecule has 0 bridgehead atoms. The van der Waals surface area contributed by atoms with Crippen LogP contribution in [0.5, 0.6) is 0 Å². The minimum Gasteiger partial charge on any atom is -0.481 e. The van der Waals surface area contributed by atoms with Crippen molar-refractivity contribution >= 4 is 40.8 Å². The van der Waals surface area contributed by atoms with Crippen molar-refractivity contribution in [1.29, 1.82) is 0 Å². The average molecular weight is 167 g/mol. The summed E-state index contributed by atoms with van der Waals surface area (Å²) < 4.78 is 0. The van der Waals surface area contributed by atoms with Crippen molar-refractivity contribution in [3.05, 3.63) is 0 Å². The predicted molar refractivity (Wildman–Crippen MR) is 44.9 cm³/mol. The summed E-state index contributed by atoms with van der Waals surface area (Å²) >= 11 is 1.75. The molecule has 0 saturated carbocycles. The topological polar surface area (TPSA) is 68.8 Å². The first-order valence-corrected chi connectivity index (χ1v) is 3.38. The van der Waals surface area contributed by atoms with Gasteiger partial charge in [0.25, 0.3) is 5.97 Å². The second kappa shape index (κ2) is 23.5. The quantitative estimate of drug-likeness (QED) is 0.485. The molecule has 0 radical (unpaired) electrons. The molecule has 0 fully saturated rings. The Kier molecular flexibility index (Phi) is 59.3. The second-order valence-electron chi connectivity index (χ2n) is 0.927. The Morgan fingerprint density at radius 3 is 1.44 bits per heavy atom. The van der Waals surface area contributed by atoms with Gasteiger partial charge in [-0.25, -0.2) is 0 Å². The lowest BCUT2D eigenvalue weighted by Gasteiger charge is -1.59. The minimum atomic E-state index is -0.833. The van der Waals surface area contributed by atoms with E-state index in [2.05, 4.69) is 0 Å². The van der Waals surface area contributed by atoms with E-state index in [-0.39, 0.29) is 28.5 Å². The summed E-state index contributed by atoms with van der Waals surface area (Å²) in [7, 11) is 0. The minimum absolute atomic E-state index is 0. The van der Waals surface area contributed by atoms with E-state index in [0.29, 0.717) is 0 Å². The monoisotopic (exact) mass is 166 g/mol. The Bertz CT molecular complexity index is 47.1. The van der Waals surface area contributed by atoms with Crippen LogP contribution < -0.4 is 0 Å². The Balaban J connectivity index is -0.0000000233. The van der Waals surface area contributed by atoms with Crippen molar-refractivity contribution in [3.63, 3.8) is 0 Å². The molecule has 3 N–H and O–H groups in total. The van der Waals surface area contributed by atoms with Crippen LogP contribution in [-0.4, -0.2) is 52.1 Å². The molecule has 0 aromatic rings. The predicted octanol–water partition coefficient (Wildman–Crippen LogP) is -0.671. The van der Waals surface area contributed by atoms with Gasteiger partial charge in [-0.2, -0.15) is 11.8 Å². The SMILES string of the molecule is CC(=O)O.CSC.O.[MgH2]. The van der Waals surface area contributed by atoms with E-state index >= 15 is 0 Å². The van der Waals surface area contributed by atoms with Gasteiger partial charge < -0.3 is 10.6 Å². The van der Waals surface area contributed by atoms with E-state index in [1.165, 1.54) is 0 Å². The van der Waals surface area contributed by atoms with Crippen molar-refractivity contribution in [2.75, 3.05) is 12.5 Å². The van der Waals surface area contributed by atoms with Crippen molar-refractivity contribution < 1.29 is 15.4 Å². The van der Waals surface area contributed by atoms with Gasteiger partial charge in [0.2, 0.25) is 0 Å². The van der Waals surface area contributed by atoms with E-state index in [9.17, 15) is 0 Å². The third-order valence-corrected chi connectivity index (χ3v) is 0. The fraction of sp³-hybridized carbons (Fsp3) is 0.750. The number of carbonyl (C=O) groups is 1. The molecule has 0 aliphatic heterocycles. The number of hydrogen-bond donors (Lipinski definition) is 1. The van der Waals surface area contributed by atoms with Crippen molar-refractivity contribution in [1.82, 2.24) is 0 Å². The maximum atomic E-state index is 9.00. The zero-order chi connectivity index (χ0) is 6.28. The molecule has 0 rings (SSSR count). The second-order valence-corrected chi connectivity index (χ2v) is 1.74. The maximum absolute atomic E-state index is 9.00. The molecule has 0 aromatic heterocycles. The van der Waals surface area contributed by atoms with Crippen LogP contribution in [0.3, 0.4) is 0 Å². The maximum Gasteiger partial charge on any atom is 0.316 e. The fourth-order valence-electron chi connectivity index (χ4n) is 0. The molecule has 5 heteroatoms. The lowest BCUT2D eigenvalue weighted by atomic mass is 10.9. The molecule has 0 unspecified atom stereocenters. The summed E-state index contributed by atoms with van der Waals surface area (Å²) in [6.07, 6.45) is 4.08. The van der Waals surface area contributed by atoms with Crippen molar-refractivity contribution in [2.45, 2.75) is 6.92 Å². The van der Waals surface area contributed by atoms with E-state index < -0.39 is 5.97 Å². The van der Waals surface area contributed by atoms with E-state index in [1.54, 1.807) is 11.8 Å². The van der Waals surface area contributed by atoms with Gasteiger partial charge in [-0.05, 0) is 12.5 Å². The van der Waals surface area contributed by atoms with E-state index in [4.69, 9.17) is 9.90 Å². The molecule has 0 atom stereocenters. The first-order chi connectivity index (χ1) is 3.15. The molecule has 0 aliphatic carbocycles. The lowest BCUT2D eigenvalue weighted by Crippen LogP contribution is -1.78. The van der Waals surface area contributed by atoms with E-state index in [1.807, 2.05) is 12.5 Å². The number of carboxylic acid groups (broad SMARTS) is 1. The number of carboxylic acids is 1. The van der Waals surface area contributed by atoms with Crippen LogP contribution in [0.4, 0.5) is 0 Å². The van der Waals surface area contributed by atoms with Crippen molar-refractivity contribution in [3.8, 4) is 0 Å². The van der Waals surface area contributed by atoms with Crippen LogP contribution in [0.2, 0.25) is 0 Å². The number of rotatable bonds is 0. The van der Waals surface area contributed by atoms with Gasteiger partial charge in [0.1, 0.15) is 0 Å². The molecule has 0 aliphatic rings. The van der Waals surface area contributed by atoms with E-state index in [0.717, 1.165) is 6.92 Å². The first-order valence-electron chi connectivity index (χ1n) is 1.74. The molecule has 0 heterocycles. The number of hydrogen-bond acceptors (Lipinski definition) is 2. The van der Waals surface area contributed by atoms with Gasteiger partial charge in [0.05, 0.1) is 0 Å². The molecule has 9 heavy (non-hydrogen) atoms. The summed E-state index contributed by atoms with van der Waals surface area (Å²) in [5.41, 5.74) is 0. The zero-order valence-electron chi connectivity index (χ0n) is 5.26. The number of thioether (sulfide) groups is 1. The van der Waals surface area contributed by atoms with Gasteiger partial charge >= 0.3 is 23.1 Å². The standard InChI is InChI=1S/C2H4O2.C2H6S.Mg.H2O.2H/c1-2(3)4;1-3-2;;;;/h1H3,(H,3,4);1-2H3;;1H2;;. The molecule has 0 amide bonds. The van der Waals surface area contributed by atoms with Gasteiger partial charge in [-0.3, -0.25) is 4.79 Å². The Morgan fingerprint density at radius 2 is 1.44 bits per heavy atom. The third kappa shape index (κ3) is 1230. The normalized spacial score (nSPS) is 4.78. The smallest absolute Gasteiger partial charge is 0.316 e. The number of aliphatic carboxylic acids is 1. The summed E-state index contributed by atoms with van der Waals surface area (Å²) in [5, 5.41) is 7.42. The summed E-state index contributed by atoms with van der Waals surface area (Å²) in [5.74, 6) is -0.833. The molecule has 56 valence electrons. The molecule has 3 nitrogen and oxygen atoms in total. The Labute approximate surface area is 75.7 Å². The van der Waals surface area contributed by atoms with Crippen LogP contribution in [0, 0.1) is 0 Å². The lowest BCUT2D eigenvalue weighted by molar-refractivity contribution is -0.134. The average Bonchev–Trinajstić information content (AvgIpc) is 1.33. The summed E-state index contributed by atoms with van der Waals surface area (Å²) in [6, 6.07) is 0. The van der Waals surface area contributed by atoms with Crippen LogP contribution >= 0.6 is 11.8 Å². The molecular formula is C4H14MgO3S. The highest BCUT2D eigenvalue weighted by molar-refractivity contribution is 7.97. The first kappa shape index (κ1) is 22.7. The summed E-state index contributed by atoms with van der Waals surface area (Å²) in [4.78, 5) is 9.00. The fourth-order valence-corrected chi connectivity index (χ4v) is 0.